The molecule has 0 radical (unpaired) electrons. The van der Waals surface area contributed by atoms with Gasteiger partial charge in [0.05, 0.1) is 112 Å². The van der Waals surface area contributed by atoms with Crippen LogP contribution in [0.2, 0.25) is 0 Å². The first-order valence-corrected chi connectivity index (χ1v) is 45.6. The van der Waals surface area contributed by atoms with Crippen molar-refractivity contribution >= 4 is 73.0 Å². The van der Waals surface area contributed by atoms with Crippen molar-refractivity contribution in [2.75, 3.05) is 62.7 Å². The number of aliphatic hydroxyl groups is 14. The summed E-state index contributed by atoms with van der Waals surface area (Å²) in [5.41, 5.74) is 0. The molecule has 17 unspecified atom stereocenters. The van der Waals surface area contributed by atoms with Crippen LogP contribution in [0.3, 0.4) is 0 Å². The van der Waals surface area contributed by atoms with Crippen LogP contribution in [0.1, 0.15) is 173 Å². The summed E-state index contributed by atoms with van der Waals surface area (Å²) in [5, 5.41) is 129. The maximum atomic E-state index is 10.3. The van der Waals surface area contributed by atoms with Crippen molar-refractivity contribution in [2.24, 2.45) is 53.3 Å². The van der Waals surface area contributed by atoms with Crippen molar-refractivity contribution in [3.63, 3.8) is 0 Å². The molecule has 16 fully saturated rings. The van der Waals surface area contributed by atoms with Crippen molar-refractivity contribution in [1.82, 2.24) is 0 Å². The molecule has 0 aromatic rings. The molecule has 16 aliphatic heterocycles. The molecule has 694 valence electrons. The van der Waals surface area contributed by atoms with Gasteiger partial charge >= 0.3 is 59.1 Å². The molecule has 0 aliphatic carbocycles. The van der Waals surface area contributed by atoms with E-state index in [1.807, 2.05) is 83.1 Å². The number of thioether (sulfide) groups is 4. The van der Waals surface area contributed by atoms with Gasteiger partial charge in [-0.1, -0.05) is 69.2 Å². The van der Waals surface area contributed by atoms with E-state index in [0.717, 1.165) is 45.8 Å². The maximum Gasteiger partial charge on any atom is 1.00 e. The number of halogens is 1. The third-order valence-corrected chi connectivity index (χ3v) is 31.1. The minimum atomic E-state index is -1.57. The second-order valence-electron chi connectivity index (χ2n) is 35.7. The molecule has 0 amide bonds. The second-order valence-corrected chi connectivity index (χ2v) is 40.7. The summed E-state index contributed by atoms with van der Waals surface area (Å²) in [5.74, 6) is 5.67. The number of aliphatic hydroxyl groups excluding tert-OH is 14. The van der Waals surface area contributed by atoms with Gasteiger partial charge in [0.15, 0.2) is 60.4 Å². The molecular weight excluding hydrogens is 1700 g/mol. The van der Waals surface area contributed by atoms with Crippen molar-refractivity contribution in [2.45, 2.75) is 388 Å². The van der Waals surface area contributed by atoms with Gasteiger partial charge in [0.1, 0.15) is 67.1 Å². The average molecular weight is 1850 g/mol. The molecule has 0 spiro atoms. The van der Waals surface area contributed by atoms with E-state index >= 15 is 0 Å². The quantitative estimate of drug-likeness (QED) is 0.0780. The first-order valence-electron chi connectivity index (χ1n) is 41.5. The molecule has 16 heterocycles. The second kappa shape index (κ2) is 50.8. The summed E-state index contributed by atoms with van der Waals surface area (Å²) in [7, 11) is 0. The van der Waals surface area contributed by atoms with Crippen molar-refractivity contribution in [3.8, 4) is 0 Å². The van der Waals surface area contributed by atoms with Gasteiger partial charge in [-0.15, -0.1) is 12.4 Å². The van der Waals surface area contributed by atoms with Gasteiger partial charge in [-0.25, -0.2) is 0 Å². The van der Waals surface area contributed by atoms with Crippen molar-refractivity contribution in [3.05, 3.63) is 0 Å². The van der Waals surface area contributed by atoms with E-state index in [0.29, 0.717) is 43.4 Å². The van der Waals surface area contributed by atoms with Gasteiger partial charge in [0, 0.05) is 50.8 Å². The molecule has 16 aliphatic rings. The van der Waals surface area contributed by atoms with Crippen LogP contribution in [0.5, 0.6) is 0 Å². The summed E-state index contributed by atoms with van der Waals surface area (Å²) in [4.78, 5) is 0. The van der Waals surface area contributed by atoms with E-state index in [1.165, 1.54) is 29.7 Å². The predicted molar refractivity (Wildman–Crippen MR) is 448 cm³/mol. The largest absolute Gasteiger partial charge is 1.00 e. The van der Waals surface area contributed by atoms with Gasteiger partial charge in [0.25, 0.3) is 0 Å². The number of hydrogen-bond donors (Lipinski definition) is 14. The summed E-state index contributed by atoms with van der Waals surface area (Å²) < 4.78 is 94.3. The van der Waals surface area contributed by atoms with Gasteiger partial charge < -0.3 is 166 Å². The third kappa shape index (κ3) is 31.5. The van der Waals surface area contributed by atoms with E-state index in [-0.39, 0.29) is 194 Å². The number of rotatable bonds is 7. The Morgan fingerprint density at radius 2 is 0.773 bits per heavy atom. The summed E-state index contributed by atoms with van der Waals surface area (Å²) in [6, 6.07) is 0. The van der Waals surface area contributed by atoms with Crippen LogP contribution in [-0.4, -0.2) is 350 Å². The molecule has 16 rings (SSSR count). The summed E-state index contributed by atoms with van der Waals surface area (Å²) in [6.07, 6.45) is -10.2. The molecule has 31 nitrogen and oxygen atoms in total. The Labute approximate surface area is 781 Å². The molecule has 40 atom stereocenters. The van der Waals surface area contributed by atoms with E-state index in [2.05, 4.69) is 97.5 Å². The van der Waals surface area contributed by atoms with Gasteiger partial charge in [-0.05, 0) is 145 Å². The normalized spacial score (nSPS) is 47.2. The molecule has 0 aromatic carbocycles. The topological polar surface area (TPSA) is 440 Å². The fourth-order valence-corrected chi connectivity index (χ4v) is 22.0. The minimum absolute atomic E-state index is 0. The van der Waals surface area contributed by atoms with Crippen LogP contribution in [-0.2, 0) is 94.0 Å². The average Bonchev–Trinajstić information content (AvgIpc) is 1.71. The Hall–Kier alpha value is 2.80. The van der Waals surface area contributed by atoms with E-state index in [4.69, 9.17) is 132 Å². The zero-order valence-corrected chi connectivity index (χ0v) is 84.0. The molecule has 0 saturated carbocycles. The zero-order valence-electron chi connectivity index (χ0n) is 75.1. The molecule has 119 heavy (non-hydrogen) atoms. The Morgan fingerprint density at radius 1 is 0.311 bits per heavy atom. The van der Waals surface area contributed by atoms with E-state index in [1.54, 1.807) is 25.6 Å². The Bertz CT molecular complexity index is 2710. The van der Waals surface area contributed by atoms with Crippen LogP contribution in [0.25, 0.3) is 0 Å². The Kier molecular flexibility index (Phi) is 49.5. The molecular formula is C80H150ClNa2O31S5+. The standard InChI is InChI=1S/C13H22O5.C12H20O6.C8H14O4.C8H16O.C8H16S.C7H14O3.C7H12OS.C6H12O6.C6H12O2S.C5H10O3S.ClH.2Na.H2S/c1-7-9(8-6-14-12(2,3)16-8)15-11-10(7)17-13(4,5)18-11;1-11(2)14-5-6(16-11)8-7(13)9-10(15-8)18-12(3,4)17-9;1-4-5-7(10-6(4)9)12-8(2,3)11-5;1-5-6(2)8(4)9-7(5)3;1-4-8-7(3)6(2)5-9-8;1-4-6(3-8)10-5(2)7(4)9;1-4-6-3-9-7(4)5(2)8-6;7-1-2-3(8)4(9)5(10)6(11)12-2;1-4-5(8)3-9-6(4)2-7;6-1-4-5(8)3(7)2-9-4;;;;/h7-11H,6H2,1-5H3;6-10,13H,5H2,1-4H3;4-7,9H,1-3H3;5-8H,1-4H3;6-8H,4-5H2,1-3H3;4-9H,3H2,1-2H3;4-7H,3H2,1-2H3;2-11H,1H2;4-8H,2-3H2,1H3;3-8H,1-2H2;1H;;;1H2/q;;;;;;;;;;;2*+1;/p-1/t7-,8?,9+,10?,11-;6?,7-,8-,9?,10-;4-,5?,6-,7+;5-,6?,7+,8?;6?,7-,8-;4-,5?,6-,7?;4-,5?,6+,7?;2?,3-,4+,5?,6?;4-,5?,6-;3?,4-,5-;;;;/m1100110111..../s1. The van der Waals surface area contributed by atoms with Gasteiger partial charge in [-0.3, -0.25) is 0 Å². The zero-order chi connectivity index (χ0) is 86.2. The van der Waals surface area contributed by atoms with Gasteiger partial charge in [-0.2, -0.15) is 47.0 Å². The number of hydrogen-bond acceptors (Lipinski definition) is 36. The van der Waals surface area contributed by atoms with Crippen LogP contribution in [0.4, 0.5) is 0 Å². The minimum Gasteiger partial charge on any atom is -0.813 e. The van der Waals surface area contributed by atoms with E-state index in [9.17, 15) is 15.3 Å². The summed E-state index contributed by atoms with van der Waals surface area (Å²) >= 11 is 7.31. The first-order chi connectivity index (χ1) is 53.5. The monoisotopic (exact) mass is 1850 g/mol. The van der Waals surface area contributed by atoms with Crippen LogP contribution < -0.4 is 59.1 Å². The fourth-order valence-electron chi connectivity index (χ4n) is 16.2. The molecule has 0 aromatic heterocycles. The van der Waals surface area contributed by atoms with Crippen LogP contribution >= 0.6 is 59.5 Å². The van der Waals surface area contributed by atoms with Crippen molar-refractivity contribution in [1.29, 1.82) is 0 Å². The third-order valence-electron chi connectivity index (χ3n) is 24.5. The van der Waals surface area contributed by atoms with Crippen molar-refractivity contribution < 1.29 is 211 Å². The molecule has 39 heteroatoms. The van der Waals surface area contributed by atoms with Crippen LogP contribution in [0.15, 0.2) is 0 Å². The Balaban J connectivity index is 0.000000345. The first kappa shape index (κ1) is 116. The fraction of sp³-hybridized carbons (Fsp3) is 1.00. The van der Waals surface area contributed by atoms with Crippen LogP contribution in [0, 0.1) is 53.3 Å². The predicted octanol–water partition coefficient (Wildman–Crippen LogP) is -1.54. The van der Waals surface area contributed by atoms with E-state index < -0.39 is 122 Å². The summed E-state index contributed by atoms with van der Waals surface area (Å²) in [6.45, 7) is 49.3. The number of ether oxygens (including phenoxy) is 17. The maximum absolute atomic E-state index is 10.3. The smallest absolute Gasteiger partial charge is 0.813 e. The molecule has 14 N–H and O–H groups in total. The Morgan fingerprint density at radius 3 is 1.08 bits per heavy atom. The number of thiol groups is 1. The SMILES string of the molecule is CC1(C)OCC([C@H]2O[C@@H]3OC(C)(C)OC3[C@@H]2O)O1.CC1O[C@@H]2CSC1[C@H]2C.CC1O[C@H](C)[C@@H](C)C1C.CC1O[C@H](CO)[C@@H](C)C1O.CC[C@H]1SCC(C)[C@H]1C.C[C@@H]1C(O)CS[C@@H]1CO.C[C@H]1C2OC(C)(C)O[C@H]2O[C@@H]1C1COC(C)(C)O1.C[C@H]1C2OC(C)(C)O[C@H]2O[C@@H]1O.Cl.OCC1OC(O)C(O)[C@@H](O)[C@@H]1O.OC[C@H]1SCC(O)[C@H]1O.[Na+].[Na+].[SH-]. The molecule has 16 saturated heterocycles. The number of fused-ring (bicyclic) bond motifs is 5. The molecule has 2 bridgehead atoms. The van der Waals surface area contributed by atoms with Gasteiger partial charge in [0.2, 0.25) is 0 Å².